The van der Waals surface area contributed by atoms with Crippen LogP contribution in [0.1, 0.15) is 6.92 Å². The lowest BCUT2D eigenvalue weighted by atomic mass is 10.3. The van der Waals surface area contributed by atoms with E-state index in [9.17, 15) is 9.59 Å². The number of likely N-dealkylation sites (N-methyl/N-ethyl adjacent to an activating group) is 1. The molecular formula is C14H22ClN3O3. The third kappa shape index (κ3) is 9.70. The smallest absolute Gasteiger partial charge is 0.258 e. The van der Waals surface area contributed by atoms with Crippen molar-refractivity contribution in [3.8, 4) is 5.75 Å². The number of ether oxygens (including phenoxy) is 1. The van der Waals surface area contributed by atoms with Gasteiger partial charge in [0.1, 0.15) is 5.75 Å². The van der Waals surface area contributed by atoms with Gasteiger partial charge in [0.05, 0.1) is 6.54 Å². The largest absolute Gasteiger partial charge is 0.484 e. The zero-order valence-corrected chi connectivity index (χ0v) is 12.9. The Bertz CT molecular complexity index is 415. The molecule has 0 unspecified atom stereocenters. The summed E-state index contributed by atoms with van der Waals surface area (Å²) in [5.74, 6) is 0.0874. The van der Waals surface area contributed by atoms with Crippen molar-refractivity contribution in [3.63, 3.8) is 0 Å². The normalized spacial score (nSPS) is 9.38. The van der Waals surface area contributed by atoms with E-state index in [0.717, 1.165) is 6.54 Å². The first-order valence-corrected chi connectivity index (χ1v) is 6.64. The number of carbonyl (C=O) groups is 2. The second-order valence-corrected chi connectivity index (χ2v) is 4.08. The molecule has 1 aromatic carbocycles. The molecule has 0 radical (unpaired) electrons. The zero-order valence-electron chi connectivity index (χ0n) is 12.1. The Morgan fingerprint density at radius 3 is 2.43 bits per heavy atom. The van der Waals surface area contributed by atoms with Crippen LogP contribution in [0.25, 0.3) is 0 Å². The fourth-order valence-corrected chi connectivity index (χ4v) is 1.43. The predicted octanol–water partition coefficient (Wildman–Crippen LogP) is 0.329. The number of benzene rings is 1. The molecule has 0 fully saturated rings. The van der Waals surface area contributed by atoms with Gasteiger partial charge in [-0.2, -0.15) is 0 Å². The molecule has 118 valence electrons. The summed E-state index contributed by atoms with van der Waals surface area (Å²) in [6.45, 7) is 3.98. The first kappa shape index (κ1) is 19.2. The van der Waals surface area contributed by atoms with Gasteiger partial charge >= 0.3 is 0 Å². The van der Waals surface area contributed by atoms with Crippen molar-refractivity contribution in [1.82, 2.24) is 16.0 Å². The van der Waals surface area contributed by atoms with E-state index in [0.29, 0.717) is 18.8 Å². The molecule has 3 N–H and O–H groups in total. The molecule has 6 nitrogen and oxygen atoms in total. The van der Waals surface area contributed by atoms with Crippen LogP contribution in [0.4, 0.5) is 0 Å². The molecule has 0 spiro atoms. The molecule has 0 aliphatic heterocycles. The first-order chi connectivity index (χ1) is 9.72. The highest BCUT2D eigenvalue weighted by Gasteiger charge is 2.05. The summed E-state index contributed by atoms with van der Waals surface area (Å²) in [7, 11) is 0. The second kappa shape index (κ2) is 12.0. The van der Waals surface area contributed by atoms with Crippen molar-refractivity contribution in [2.75, 3.05) is 32.8 Å². The summed E-state index contributed by atoms with van der Waals surface area (Å²) in [6.07, 6.45) is 0. The summed E-state index contributed by atoms with van der Waals surface area (Å²) in [5.41, 5.74) is 0. The number of hydrogen-bond donors (Lipinski definition) is 3. The lowest BCUT2D eigenvalue weighted by Crippen LogP contribution is -2.40. The third-order valence-corrected chi connectivity index (χ3v) is 2.43. The highest BCUT2D eigenvalue weighted by atomic mass is 35.5. The van der Waals surface area contributed by atoms with E-state index in [1.165, 1.54) is 0 Å². The third-order valence-electron chi connectivity index (χ3n) is 2.43. The number of para-hydroxylation sites is 1. The summed E-state index contributed by atoms with van der Waals surface area (Å²) in [4.78, 5) is 22.9. The molecule has 21 heavy (non-hydrogen) atoms. The van der Waals surface area contributed by atoms with E-state index >= 15 is 0 Å². The van der Waals surface area contributed by atoms with Crippen LogP contribution in [0.3, 0.4) is 0 Å². The molecule has 1 aromatic rings. The van der Waals surface area contributed by atoms with Gasteiger partial charge in [0, 0.05) is 13.1 Å². The molecule has 0 bridgehead atoms. The number of halogens is 1. The quantitative estimate of drug-likeness (QED) is 0.574. The van der Waals surface area contributed by atoms with E-state index < -0.39 is 0 Å². The lowest BCUT2D eigenvalue weighted by Gasteiger charge is -2.08. The predicted molar refractivity (Wildman–Crippen MR) is 83.7 cm³/mol. The number of nitrogens with one attached hydrogen (secondary N) is 3. The molecule has 2 amide bonds. The average Bonchev–Trinajstić information content (AvgIpc) is 2.48. The standard InChI is InChI=1S/C14H21N3O3.ClH/c1-2-15-8-9-16-13(18)10-17-14(19)11-20-12-6-4-3-5-7-12;/h3-7,15H,2,8-11H2,1H3,(H,16,18)(H,17,19);1H. The average molecular weight is 316 g/mol. The second-order valence-electron chi connectivity index (χ2n) is 4.08. The van der Waals surface area contributed by atoms with Gasteiger partial charge in [-0.05, 0) is 18.7 Å². The van der Waals surface area contributed by atoms with E-state index in [-0.39, 0.29) is 37.4 Å². The van der Waals surface area contributed by atoms with Crippen molar-refractivity contribution >= 4 is 24.2 Å². The Morgan fingerprint density at radius 2 is 1.76 bits per heavy atom. The van der Waals surface area contributed by atoms with E-state index in [4.69, 9.17) is 4.74 Å². The minimum Gasteiger partial charge on any atom is -0.484 e. The lowest BCUT2D eigenvalue weighted by molar-refractivity contribution is -0.127. The van der Waals surface area contributed by atoms with E-state index in [1.54, 1.807) is 12.1 Å². The summed E-state index contributed by atoms with van der Waals surface area (Å²) in [5, 5.41) is 8.27. The van der Waals surface area contributed by atoms with Crippen molar-refractivity contribution in [2.24, 2.45) is 0 Å². The molecule has 0 atom stereocenters. The maximum absolute atomic E-state index is 11.5. The van der Waals surface area contributed by atoms with Crippen molar-refractivity contribution in [3.05, 3.63) is 30.3 Å². The van der Waals surface area contributed by atoms with Crippen molar-refractivity contribution in [2.45, 2.75) is 6.92 Å². The van der Waals surface area contributed by atoms with Crippen LogP contribution in [-0.2, 0) is 9.59 Å². The Labute approximate surface area is 131 Å². The van der Waals surface area contributed by atoms with Crippen LogP contribution in [0.5, 0.6) is 5.75 Å². The molecule has 0 aliphatic carbocycles. The summed E-state index contributed by atoms with van der Waals surface area (Å²) in [6, 6.07) is 9.04. The Kier molecular flexibility index (Phi) is 11.0. The molecule has 0 saturated carbocycles. The van der Waals surface area contributed by atoms with Crippen LogP contribution in [0.15, 0.2) is 30.3 Å². The van der Waals surface area contributed by atoms with E-state index in [2.05, 4.69) is 16.0 Å². The van der Waals surface area contributed by atoms with Gasteiger partial charge in [0.15, 0.2) is 6.61 Å². The van der Waals surface area contributed by atoms with E-state index in [1.807, 2.05) is 25.1 Å². The maximum atomic E-state index is 11.5. The van der Waals surface area contributed by atoms with Gasteiger partial charge in [-0.3, -0.25) is 9.59 Å². The Hall–Kier alpha value is -1.79. The van der Waals surface area contributed by atoms with Crippen molar-refractivity contribution in [1.29, 1.82) is 0 Å². The SMILES string of the molecule is CCNCCNC(=O)CNC(=O)COc1ccccc1.Cl. The fraction of sp³-hybridized carbons (Fsp3) is 0.429. The van der Waals surface area contributed by atoms with Gasteiger partial charge < -0.3 is 20.7 Å². The Morgan fingerprint density at radius 1 is 1.05 bits per heavy atom. The van der Waals surface area contributed by atoms with Crippen molar-refractivity contribution < 1.29 is 14.3 Å². The van der Waals surface area contributed by atoms with Gasteiger partial charge in [-0.15, -0.1) is 12.4 Å². The molecule has 0 aliphatic rings. The van der Waals surface area contributed by atoms with Crippen LogP contribution < -0.4 is 20.7 Å². The minimum atomic E-state index is -0.323. The van der Waals surface area contributed by atoms with Gasteiger partial charge in [-0.25, -0.2) is 0 Å². The number of carbonyl (C=O) groups excluding carboxylic acids is 2. The highest BCUT2D eigenvalue weighted by molar-refractivity contribution is 5.85. The van der Waals surface area contributed by atoms with Gasteiger partial charge in [0.25, 0.3) is 5.91 Å². The molecule has 1 rings (SSSR count). The number of amides is 2. The molecular weight excluding hydrogens is 294 g/mol. The van der Waals surface area contributed by atoms with Crippen LogP contribution in [-0.4, -0.2) is 44.6 Å². The molecule has 7 heteroatoms. The number of hydrogen-bond acceptors (Lipinski definition) is 4. The van der Waals surface area contributed by atoms with Crippen LogP contribution in [0, 0.1) is 0 Å². The topological polar surface area (TPSA) is 79.5 Å². The zero-order chi connectivity index (χ0) is 14.6. The van der Waals surface area contributed by atoms with Gasteiger partial charge in [-0.1, -0.05) is 25.1 Å². The maximum Gasteiger partial charge on any atom is 0.258 e. The summed E-state index contributed by atoms with van der Waals surface area (Å²) < 4.78 is 5.26. The minimum absolute atomic E-state index is 0. The number of rotatable bonds is 9. The highest BCUT2D eigenvalue weighted by Crippen LogP contribution is 2.07. The molecule has 0 heterocycles. The molecule has 0 saturated heterocycles. The fourth-order valence-electron chi connectivity index (χ4n) is 1.43. The van der Waals surface area contributed by atoms with Crippen LogP contribution >= 0.6 is 12.4 Å². The van der Waals surface area contributed by atoms with Crippen LogP contribution in [0.2, 0.25) is 0 Å². The Balaban J connectivity index is 0.00000400. The van der Waals surface area contributed by atoms with Gasteiger partial charge in [0.2, 0.25) is 5.91 Å². The monoisotopic (exact) mass is 315 g/mol. The molecule has 0 aromatic heterocycles. The summed E-state index contributed by atoms with van der Waals surface area (Å²) >= 11 is 0. The first-order valence-electron chi connectivity index (χ1n) is 6.64.